The molecule has 102 valence electrons. The van der Waals surface area contributed by atoms with E-state index in [9.17, 15) is 8.42 Å². The molecule has 6 nitrogen and oxygen atoms in total. The van der Waals surface area contributed by atoms with Crippen molar-refractivity contribution in [1.82, 2.24) is 14.5 Å². The molecule has 2 rings (SSSR count). The van der Waals surface area contributed by atoms with E-state index in [0.717, 1.165) is 12.8 Å². The maximum atomic E-state index is 12.5. The number of nitrogens with two attached hydrogens (primary N) is 1. The summed E-state index contributed by atoms with van der Waals surface area (Å²) in [6.07, 6.45) is 3.41. The molecule has 0 aromatic carbocycles. The molecule has 2 heterocycles. The van der Waals surface area contributed by atoms with Crippen LogP contribution in [0.25, 0.3) is 0 Å². The van der Waals surface area contributed by atoms with E-state index in [1.165, 1.54) is 10.5 Å². The molecule has 1 aromatic rings. The molecule has 0 amide bonds. The van der Waals surface area contributed by atoms with Gasteiger partial charge in [0.2, 0.25) is 0 Å². The molecule has 0 bridgehead atoms. The summed E-state index contributed by atoms with van der Waals surface area (Å²) in [6, 6.07) is 0. The van der Waals surface area contributed by atoms with E-state index in [1.807, 2.05) is 0 Å². The van der Waals surface area contributed by atoms with Crippen molar-refractivity contribution in [2.45, 2.75) is 38.3 Å². The maximum Gasteiger partial charge on any atom is 0.260 e. The molecule has 0 atom stereocenters. The molecule has 0 spiro atoms. The third-order valence-electron chi connectivity index (χ3n) is 3.36. The third-order valence-corrected chi connectivity index (χ3v) is 5.22. The minimum Gasteiger partial charge on any atom is -0.326 e. The van der Waals surface area contributed by atoms with Crippen molar-refractivity contribution in [3.63, 3.8) is 0 Å². The van der Waals surface area contributed by atoms with Crippen LogP contribution < -0.4 is 5.73 Å². The molecule has 0 saturated carbocycles. The highest BCUT2D eigenvalue weighted by atomic mass is 32.2. The smallest absolute Gasteiger partial charge is 0.260 e. The largest absolute Gasteiger partial charge is 0.326 e. The van der Waals surface area contributed by atoms with Gasteiger partial charge in [-0.2, -0.15) is 9.40 Å². The highest BCUT2D eigenvalue weighted by Gasteiger charge is 2.35. The van der Waals surface area contributed by atoms with Crippen molar-refractivity contribution in [2.75, 3.05) is 13.1 Å². The highest BCUT2D eigenvalue weighted by Crippen LogP contribution is 2.31. The second-order valence-electron chi connectivity index (χ2n) is 5.53. The molecule has 7 heteroatoms. The van der Waals surface area contributed by atoms with E-state index in [1.54, 1.807) is 0 Å². The number of aromatic nitrogens is 2. The van der Waals surface area contributed by atoms with Gasteiger partial charge in [0.15, 0.2) is 5.03 Å². The summed E-state index contributed by atoms with van der Waals surface area (Å²) in [4.78, 5) is 0. The Kier molecular flexibility index (Phi) is 3.48. The Bertz CT molecular complexity index is 521. The first kappa shape index (κ1) is 13.5. The van der Waals surface area contributed by atoms with Gasteiger partial charge in [-0.1, -0.05) is 13.8 Å². The zero-order valence-electron chi connectivity index (χ0n) is 10.8. The van der Waals surface area contributed by atoms with Crippen molar-refractivity contribution >= 4 is 10.0 Å². The number of hydrogen-bond acceptors (Lipinski definition) is 4. The molecule has 1 aliphatic rings. The minimum absolute atomic E-state index is 0.0220. The second kappa shape index (κ2) is 4.64. The Hall–Kier alpha value is -0.920. The van der Waals surface area contributed by atoms with Crippen molar-refractivity contribution in [3.8, 4) is 0 Å². The third kappa shape index (κ3) is 2.43. The van der Waals surface area contributed by atoms with Crippen LogP contribution in [0.2, 0.25) is 0 Å². The van der Waals surface area contributed by atoms with Crippen molar-refractivity contribution in [3.05, 3.63) is 11.8 Å². The minimum atomic E-state index is -3.50. The molecular weight excluding hydrogens is 252 g/mol. The van der Waals surface area contributed by atoms with Crippen LogP contribution >= 0.6 is 0 Å². The Morgan fingerprint density at radius 3 is 2.89 bits per heavy atom. The summed E-state index contributed by atoms with van der Waals surface area (Å²) in [5, 5.41) is 6.48. The van der Waals surface area contributed by atoms with E-state index >= 15 is 0 Å². The molecule has 1 aromatic heterocycles. The summed E-state index contributed by atoms with van der Waals surface area (Å²) in [5.74, 6) is 0. The van der Waals surface area contributed by atoms with Crippen LogP contribution in [0.3, 0.4) is 0 Å². The van der Waals surface area contributed by atoms with Gasteiger partial charge in [0.25, 0.3) is 10.0 Å². The first-order chi connectivity index (χ1) is 8.37. The Labute approximate surface area is 108 Å². The quantitative estimate of drug-likeness (QED) is 0.846. The SMILES string of the molecule is CC1(C)CCCN(S(=O)(=O)c2[nH]ncc2CN)C1. The summed E-state index contributed by atoms with van der Waals surface area (Å²) < 4.78 is 26.6. The fraction of sp³-hybridized carbons (Fsp3) is 0.727. The van der Waals surface area contributed by atoms with Gasteiger partial charge in [-0.25, -0.2) is 8.42 Å². The lowest BCUT2D eigenvalue weighted by molar-refractivity contribution is 0.186. The van der Waals surface area contributed by atoms with Gasteiger partial charge in [-0.05, 0) is 18.3 Å². The van der Waals surface area contributed by atoms with Gasteiger partial charge in [0, 0.05) is 25.2 Å². The Balaban J connectivity index is 2.32. The van der Waals surface area contributed by atoms with Gasteiger partial charge in [0.1, 0.15) is 0 Å². The van der Waals surface area contributed by atoms with Gasteiger partial charge in [0.05, 0.1) is 6.20 Å². The van der Waals surface area contributed by atoms with Crippen molar-refractivity contribution < 1.29 is 8.42 Å². The summed E-state index contributed by atoms with van der Waals surface area (Å²) in [7, 11) is -3.50. The van der Waals surface area contributed by atoms with E-state index in [0.29, 0.717) is 18.7 Å². The van der Waals surface area contributed by atoms with E-state index in [-0.39, 0.29) is 17.0 Å². The van der Waals surface area contributed by atoms with E-state index in [4.69, 9.17) is 5.73 Å². The standard InChI is InChI=1S/C11H20N4O2S/c1-11(2)4-3-5-15(8-11)18(16,17)10-9(6-12)7-13-14-10/h7H,3-6,8,12H2,1-2H3,(H,13,14). The fourth-order valence-electron chi connectivity index (χ4n) is 2.37. The zero-order valence-corrected chi connectivity index (χ0v) is 11.6. The number of nitrogens with zero attached hydrogens (tertiary/aromatic N) is 2. The second-order valence-corrected chi connectivity index (χ2v) is 7.41. The van der Waals surface area contributed by atoms with Crippen LogP contribution in [-0.2, 0) is 16.6 Å². The number of nitrogens with one attached hydrogen (secondary N) is 1. The van der Waals surface area contributed by atoms with Gasteiger partial charge >= 0.3 is 0 Å². The van der Waals surface area contributed by atoms with Crippen LogP contribution in [-0.4, -0.2) is 36.0 Å². The monoisotopic (exact) mass is 272 g/mol. The molecule has 3 N–H and O–H groups in total. The van der Waals surface area contributed by atoms with Crippen LogP contribution in [0.4, 0.5) is 0 Å². The lowest BCUT2D eigenvalue weighted by Gasteiger charge is -2.36. The Morgan fingerprint density at radius 2 is 2.28 bits per heavy atom. The number of sulfonamides is 1. The lowest BCUT2D eigenvalue weighted by Crippen LogP contribution is -2.43. The number of piperidine rings is 1. The predicted molar refractivity (Wildman–Crippen MR) is 68.3 cm³/mol. The van der Waals surface area contributed by atoms with Crippen LogP contribution in [0.5, 0.6) is 0 Å². The van der Waals surface area contributed by atoms with Crippen molar-refractivity contribution in [2.24, 2.45) is 11.1 Å². The molecule has 0 radical (unpaired) electrons. The molecule has 18 heavy (non-hydrogen) atoms. The predicted octanol–water partition coefficient (Wildman–Crippen LogP) is 0.679. The van der Waals surface area contributed by atoms with Crippen LogP contribution in [0, 0.1) is 5.41 Å². The van der Waals surface area contributed by atoms with Crippen LogP contribution in [0.1, 0.15) is 32.3 Å². The topological polar surface area (TPSA) is 92.1 Å². The number of H-pyrrole nitrogens is 1. The lowest BCUT2D eigenvalue weighted by atomic mass is 9.85. The first-order valence-corrected chi connectivity index (χ1v) is 7.53. The van der Waals surface area contributed by atoms with Gasteiger partial charge in [-0.15, -0.1) is 0 Å². The fourth-order valence-corrected chi connectivity index (χ4v) is 4.15. The highest BCUT2D eigenvalue weighted by molar-refractivity contribution is 7.89. The molecule has 1 aliphatic heterocycles. The number of rotatable bonds is 3. The normalized spacial score (nSPS) is 21.1. The van der Waals surface area contributed by atoms with Gasteiger partial charge in [-0.3, -0.25) is 5.10 Å². The maximum absolute atomic E-state index is 12.5. The molecule has 0 unspecified atom stereocenters. The number of aromatic amines is 1. The Morgan fingerprint density at radius 1 is 1.56 bits per heavy atom. The van der Waals surface area contributed by atoms with Gasteiger partial charge < -0.3 is 5.73 Å². The number of hydrogen-bond donors (Lipinski definition) is 2. The summed E-state index contributed by atoms with van der Waals surface area (Å²) in [6.45, 7) is 5.45. The molecule has 1 saturated heterocycles. The summed E-state index contributed by atoms with van der Waals surface area (Å²) >= 11 is 0. The molecular formula is C11H20N4O2S. The average Bonchev–Trinajstić information content (AvgIpc) is 2.76. The molecule has 0 aliphatic carbocycles. The first-order valence-electron chi connectivity index (χ1n) is 6.09. The zero-order chi connectivity index (χ0) is 13.4. The average molecular weight is 272 g/mol. The molecule has 1 fully saturated rings. The summed E-state index contributed by atoms with van der Waals surface area (Å²) in [5.41, 5.74) is 6.09. The van der Waals surface area contributed by atoms with E-state index in [2.05, 4.69) is 24.0 Å². The van der Waals surface area contributed by atoms with Crippen LogP contribution in [0.15, 0.2) is 11.2 Å². The van der Waals surface area contributed by atoms with Crippen molar-refractivity contribution in [1.29, 1.82) is 0 Å². The van der Waals surface area contributed by atoms with E-state index < -0.39 is 10.0 Å².